The summed E-state index contributed by atoms with van der Waals surface area (Å²) in [4.78, 5) is 13.1. The van der Waals surface area contributed by atoms with E-state index in [1.165, 1.54) is 6.33 Å². The van der Waals surface area contributed by atoms with Gasteiger partial charge in [-0.3, -0.25) is 4.90 Å². The van der Waals surface area contributed by atoms with Gasteiger partial charge in [0.1, 0.15) is 17.8 Å². The molecular weight excluding hydrogens is 332 g/mol. The number of methoxy groups -OCH3 is 1. The molecule has 3 rings (SSSR count). The summed E-state index contributed by atoms with van der Waals surface area (Å²) >= 11 is 0. The molecule has 1 aliphatic heterocycles. The quantitative estimate of drug-likeness (QED) is 0.709. The van der Waals surface area contributed by atoms with Crippen LogP contribution in [0.4, 0.5) is 23.0 Å². The third kappa shape index (κ3) is 3.97. The average molecular weight is 358 g/mol. The molecule has 1 aromatic carbocycles. The van der Waals surface area contributed by atoms with E-state index in [-0.39, 0.29) is 6.61 Å². The molecule has 0 unspecified atom stereocenters. The average Bonchev–Trinajstić information content (AvgIpc) is 2.65. The first-order valence-electron chi connectivity index (χ1n) is 8.72. The molecule has 0 aliphatic carbocycles. The minimum absolute atomic E-state index is 0.183. The fourth-order valence-electron chi connectivity index (χ4n) is 3.11. The van der Waals surface area contributed by atoms with Gasteiger partial charge in [-0.05, 0) is 24.6 Å². The maximum Gasteiger partial charge on any atom is 0.159 e. The summed E-state index contributed by atoms with van der Waals surface area (Å²) in [6, 6.07) is 5.90. The van der Waals surface area contributed by atoms with E-state index in [0.29, 0.717) is 18.1 Å². The highest BCUT2D eigenvalue weighted by Crippen LogP contribution is 2.33. The Balaban J connectivity index is 1.79. The van der Waals surface area contributed by atoms with Gasteiger partial charge in [0.05, 0.1) is 19.4 Å². The van der Waals surface area contributed by atoms with Crippen molar-refractivity contribution in [1.29, 1.82) is 0 Å². The van der Waals surface area contributed by atoms with Crippen LogP contribution in [0.15, 0.2) is 24.5 Å². The van der Waals surface area contributed by atoms with Gasteiger partial charge in [-0.25, -0.2) is 9.97 Å². The summed E-state index contributed by atoms with van der Waals surface area (Å²) in [6.45, 7) is 6.28. The van der Waals surface area contributed by atoms with E-state index in [4.69, 9.17) is 15.6 Å². The predicted molar refractivity (Wildman–Crippen MR) is 103 cm³/mol. The number of aliphatic hydroxyl groups excluding tert-OH is 1. The molecule has 1 saturated heterocycles. The number of aryl methyl sites for hydroxylation is 1. The van der Waals surface area contributed by atoms with E-state index in [1.54, 1.807) is 7.11 Å². The zero-order valence-electron chi connectivity index (χ0n) is 15.3. The smallest absolute Gasteiger partial charge is 0.159 e. The Hall–Kier alpha value is -2.58. The third-order valence-corrected chi connectivity index (χ3v) is 4.56. The Bertz CT molecular complexity index is 746. The normalized spacial score (nSPS) is 15.1. The van der Waals surface area contributed by atoms with Crippen LogP contribution >= 0.6 is 0 Å². The Labute approximate surface area is 153 Å². The maximum atomic E-state index is 9.07. The van der Waals surface area contributed by atoms with Gasteiger partial charge in [0.15, 0.2) is 11.6 Å². The van der Waals surface area contributed by atoms with Crippen LogP contribution < -0.4 is 20.7 Å². The fraction of sp³-hybridized carbons (Fsp3) is 0.444. The van der Waals surface area contributed by atoms with Gasteiger partial charge in [-0.15, -0.1) is 0 Å². The lowest BCUT2D eigenvalue weighted by Crippen LogP contribution is -2.47. The first kappa shape index (κ1) is 18.2. The number of benzene rings is 1. The van der Waals surface area contributed by atoms with E-state index in [2.05, 4.69) is 25.1 Å². The highest BCUT2D eigenvalue weighted by atomic mass is 16.5. The van der Waals surface area contributed by atoms with Crippen molar-refractivity contribution in [1.82, 2.24) is 14.9 Å². The lowest BCUT2D eigenvalue weighted by molar-refractivity contribution is 0.188. The summed E-state index contributed by atoms with van der Waals surface area (Å²) < 4.78 is 5.41. The number of piperazine rings is 1. The van der Waals surface area contributed by atoms with Gasteiger partial charge in [-0.1, -0.05) is 6.07 Å². The largest absolute Gasteiger partial charge is 0.495 e. The van der Waals surface area contributed by atoms with Crippen LogP contribution in [0.3, 0.4) is 0 Å². The number of β-amino-alcohol motifs (C(OH)–C–C–N with tert-alkyl or cyclic N) is 1. The first-order valence-corrected chi connectivity index (χ1v) is 8.72. The number of rotatable bonds is 6. The molecule has 1 fully saturated rings. The van der Waals surface area contributed by atoms with Crippen molar-refractivity contribution in [3.63, 3.8) is 0 Å². The van der Waals surface area contributed by atoms with Gasteiger partial charge in [0, 0.05) is 32.7 Å². The molecule has 0 amide bonds. The number of aliphatic hydroxyl groups is 1. The number of hydrogen-bond acceptors (Lipinski definition) is 8. The van der Waals surface area contributed by atoms with Crippen molar-refractivity contribution in [3.05, 3.63) is 30.1 Å². The second-order valence-corrected chi connectivity index (χ2v) is 6.34. The van der Waals surface area contributed by atoms with E-state index in [0.717, 1.165) is 49.0 Å². The van der Waals surface area contributed by atoms with Crippen LogP contribution in [0.5, 0.6) is 5.75 Å². The molecule has 0 bridgehead atoms. The molecule has 8 nitrogen and oxygen atoms in total. The maximum absolute atomic E-state index is 9.07. The van der Waals surface area contributed by atoms with Gasteiger partial charge in [0.2, 0.25) is 0 Å². The predicted octanol–water partition coefficient (Wildman–Crippen LogP) is 1.23. The topological polar surface area (TPSA) is 99.8 Å². The standard InChI is InChI=1S/C18H26N6O2/c1-13-3-4-15(26-2)14(11-13)22-17-16(19)18(21-12-20-17)24-7-5-23(6-8-24)9-10-25/h3-4,11-12,25H,5-10,19H2,1-2H3,(H,20,21,22). The molecule has 2 aromatic rings. The Morgan fingerprint density at radius 3 is 2.69 bits per heavy atom. The summed E-state index contributed by atoms with van der Waals surface area (Å²) in [5.41, 5.74) is 8.81. The fourth-order valence-corrected chi connectivity index (χ4v) is 3.11. The molecule has 1 aliphatic rings. The van der Waals surface area contributed by atoms with Crippen molar-refractivity contribution < 1.29 is 9.84 Å². The number of nitrogens with zero attached hydrogens (tertiary/aromatic N) is 4. The zero-order valence-corrected chi connectivity index (χ0v) is 15.3. The van der Waals surface area contributed by atoms with Gasteiger partial charge in [0.25, 0.3) is 0 Å². The SMILES string of the molecule is COc1ccc(C)cc1Nc1ncnc(N2CCN(CCO)CC2)c1N. The molecular formula is C18H26N6O2. The molecule has 0 saturated carbocycles. The van der Waals surface area contributed by atoms with E-state index in [9.17, 15) is 0 Å². The summed E-state index contributed by atoms with van der Waals surface area (Å²) in [5, 5.41) is 12.3. The lowest BCUT2D eigenvalue weighted by Gasteiger charge is -2.35. The number of nitrogens with one attached hydrogen (secondary N) is 1. The molecule has 26 heavy (non-hydrogen) atoms. The van der Waals surface area contributed by atoms with Crippen molar-refractivity contribution in [2.24, 2.45) is 0 Å². The second-order valence-electron chi connectivity index (χ2n) is 6.34. The number of nitrogens with two attached hydrogens (primary N) is 1. The number of ether oxygens (including phenoxy) is 1. The summed E-state index contributed by atoms with van der Waals surface area (Å²) in [5.74, 6) is 2.03. The van der Waals surface area contributed by atoms with Crippen LogP contribution in [0.2, 0.25) is 0 Å². The molecule has 8 heteroatoms. The molecule has 4 N–H and O–H groups in total. The number of anilines is 4. The van der Waals surface area contributed by atoms with Crippen molar-refractivity contribution in [2.75, 3.05) is 62.4 Å². The highest BCUT2D eigenvalue weighted by Gasteiger charge is 2.21. The van der Waals surface area contributed by atoms with Gasteiger partial charge in [-0.2, -0.15) is 0 Å². The third-order valence-electron chi connectivity index (χ3n) is 4.56. The first-order chi connectivity index (χ1) is 12.6. The van der Waals surface area contributed by atoms with Crippen LogP contribution in [0.1, 0.15) is 5.56 Å². The van der Waals surface area contributed by atoms with Gasteiger partial charge < -0.3 is 25.8 Å². The lowest BCUT2D eigenvalue weighted by atomic mass is 10.2. The Kier molecular flexibility index (Phi) is 5.75. The van der Waals surface area contributed by atoms with Crippen molar-refractivity contribution in [3.8, 4) is 5.75 Å². The van der Waals surface area contributed by atoms with Crippen LogP contribution in [0, 0.1) is 6.92 Å². The molecule has 2 heterocycles. The van der Waals surface area contributed by atoms with E-state index >= 15 is 0 Å². The molecule has 140 valence electrons. The Morgan fingerprint density at radius 1 is 1.23 bits per heavy atom. The molecule has 0 radical (unpaired) electrons. The van der Waals surface area contributed by atoms with Gasteiger partial charge >= 0.3 is 0 Å². The van der Waals surface area contributed by atoms with Crippen molar-refractivity contribution in [2.45, 2.75) is 6.92 Å². The number of hydrogen-bond donors (Lipinski definition) is 3. The van der Waals surface area contributed by atoms with E-state index in [1.807, 2.05) is 25.1 Å². The van der Waals surface area contributed by atoms with Crippen LogP contribution in [-0.2, 0) is 0 Å². The minimum atomic E-state index is 0.183. The van der Waals surface area contributed by atoms with Crippen LogP contribution in [0.25, 0.3) is 0 Å². The van der Waals surface area contributed by atoms with Crippen LogP contribution in [-0.4, -0.2) is 66.4 Å². The number of nitrogen functional groups attached to an aromatic ring is 1. The summed E-state index contributed by atoms with van der Waals surface area (Å²) in [6.07, 6.45) is 1.52. The summed E-state index contributed by atoms with van der Waals surface area (Å²) in [7, 11) is 1.64. The Morgan fingerprint density at radius 2 is 2.00 bits per heavy atom. The molecule has 1 aromatic heterocycles. The monoisotopic (exact) mass is 358 g/mol. The van der Waals surface area contributed by atoms with Crippen molar-refractivity contribution >= 4 is 23.0 Å². The van der Waals surface area contributed by atoms with E-state index < -0.39 is 0 Å². The zero-order chi connectivity index (χ0) is 18.5. The molecule has 0 spiro atoms. The molecule has 0 atom stereocenters. The number of aromatic nitrogens is 2. The second kappa shape index (κ2) is 8.20. The highest BCUT2D eigenvalue weighted by molar-refractivity contribution is 5.80. The minimum Gasteiger partial charge on any atom is -0.495 e.